The van der Waals surface area contributed by atoms with Gasteiger partial charge in [-0.3, -0.25) is 4.79 Å². The average Bonchev–Trinajstić information content (AvgIpc) is 3.25. The van der Waals surface area contributed by atoms with Crippen LogP contribution >= 0.6 is 0 Å². The predicted molar refractivity (Wildman–Crippen MR) is 109 cm³/mol. The molecule has 7 nitrogen and oxygen atoms in total. The molecule has 0 aliphatic heterocycles. The van der Waals surface area contributed by atoms with Crippen molar-refractivity contribution in [1.29, 1.82) is 10.5 Å². The summed E-state index contributed by atoms with van der Waals surface area (Å²) in [4.78, 5) is 23.3. The molecule has 3 rings (SSSR count). The quantitative estimate of drug-likeness (QED) is 0.411. The van der Waals surface area contributed by atoms with Crippen molar-refractivity contribution < 1.29 is 32.3 Å². The summed E-state index contributed by atoms with van der Waals surface area (Å²) in [6, 6.07) is 14.6. The normalized spacial score (nSPS) is 11.4. The first-order valence-electron chi connectivity index (χ1n) is 9.10. The Morgan fingerprint density at radius 2 is 1.73 bits per heavy atom. The van der Waals surface area contributed by atoms with Crippen LogP contribution < -0.4 is 5.32 Å². The molecule has 164 valence electrons. The molecule has 0 aliphatic rings. The summed E-state index contributed by atoms with van der Waals surface area (Å²) >= 11 is 0. The van der Waals surface area contributed by atoms with Crippen molar-refractivity contribution in [3.8, 4) is 23.5 Å². The lowest BCUT2D eigenvalue weighted by molar-refractivity contribution is -0.137. The van der Waals surface area contributed by atoms with Crippen molar-refractivity contribution in [2.75, 3.05) is 5.32 Å². The van der Waals surface area contributed by atoms with Crippen LogP contribution in [-0.4, -0.2) is 17.0 Å². The average molecular weight is 451 g/mol. The van der Waals surface area contributed by atoms with Gasteiger partial charge in [0.1, 0.15) is 23.2 Å². The molecule has 1 amide bonds. The van der Waals surface area contributed by atoms with E-state index in [2.05, 4.69) is 5.32 Å². The van der Waals surface area contributed by atoms with E-state index in [9.17, 15) is 28.0 Å². The molecule has 33 heavy (non-hydrogen) atoms. The summed E-state index contributed by atoms with van der Waals surface area (Å²) < 4.78 is 44.9. The molecule has 0 fully saturated rings. The highest BCUT2D eigenvalue weighted by Crippen LogP contribution is 2.33. The molecule has 0 bridgehead atoms. The number of hydrogen-bond donors (Lipinski definition) is 2. The highest BCUT2D eigenvalue weighted by Gasteiger charge is 2.34. The summed E-state index contributed by atoms with van der Waals surface area (Å²) in [6.07, 6.45) is -3.69. The second kappa shape index (κ2) is 9.12. The van der Waals surface area contributed by atoms with Gasteiger partial charge in [0.25, 0.3) is 5.91 Å². The highest BCUT2D eigenvalue weighted by molar-refractivity contribution is 6.09. The number of halogens is 3. The minimum atomic E-state index is -4.80. The van der Waals surface area contributed by atoms with Crippen LogP contribution in [0.2, 0.25) is 0 Å². The summed E-state index contributed by atoms with van der Waals surface area (Å²) in [5, 5.41) is 29.3. The lowest BCUT2D eigenvalue weighted by atomic mass is 10.1. The third kappa shape index (κ3) is 5.27. The number of amides is 1. The Morgan fingerprint density at radius 3 is 2.30 bits per heavy atom. The summed E-state index contributed by atoms with van der Waals surface area (Å²) in [5.74, 6) is -1.59. The third-order valence-corrected chi connectivity index (χ3v) is 4.40. The first-order valence-corrected chi connectivity index (χ1v) is 9.10. The lowest BCUT2D eigenvalue weighted by Crippen LogP contribution is -2.15. The van der Waals surface area contributed by atoms with E-state index in [0.717, 1.165) is 18.2 Å². The molecule has 1 heterocycles. The molecule has 0 saturated carbocycles. The fraction of sp³-hybridized carbons (Fsp3) is 0.0435. The van der Waals surface area contributed by atoms with Crippen LogP contribution in [-0.2, 0) is 11.0 Å². The van der Waals surface area contributed by atoms with Gasteiger partial charge in [-0.05, 0) is 42.5 Å². The molecular weight excluding hydrogens is 439 g/mol. The number of benzene rings is 2. The number of carboxylic acids is 1. The zero-order valence-corrected chi connectivity index (χ0v) is 16.5. The number of carbonyl (C=O) groups excluding carboxylic acids is 1. The first kappa shape index (κ1) is 22.8. The van der Waals surface area contributed by atoms with Gasteiger partial charge in [-0.15, -0.1) is 0 Å². The van der Waals surface area contributed by atoms with E-state index in [1.807, 2.05) is 0 Å². The van der Waals surface area contributed by atoms with Crippen molar-refractivity contribution in [2.45, 2.75) is 6.18 Å². The second-order valence-corrected chi connectivity index (χ2v) is 6.58. The number of hydrogen-bond acceptors (Lipinski definition) is 5. The predicted octanol–water partition coefficient (Wildman–Crippen LogP) is 5.08. The highest BCUT2D eigenvalue weighted by atomic mass is 19.4. The minimum Gasteiger partial charge on any atom is -0.478 e. The van der Waals surface area contributed by atoms with Crippen LogP contribution in [0.1, 0.15) is 27.2 Å². The third-order valence-electron chi connectivity index (χ3n) is 4.40. The summed E-state index contributed by atoms with van der Waals surface area (Å²) in [5.41, 5.74) is -1.85. The Kier molecular flexibility index (Phi) is 6.31. The Hall–Kier alpha value is -4.83. The smallest absolute Gasteiger partial charge is 0.417 e. The largest absolute Gasteiger partial charge is 0.478 e. The number of nitrogens with zero attached hydrogens (tertiary/aromatic N) is 2. The topological polar surface area (TPSA) is 127 Å². The van der Waals surface area contributed by atoms with Crippen LogP contribution in [0.3, 0.4) is 0 Å². The van der Waals surface area contributed by atoms with Gasteiger partial charge in [-0.25, -0.2) is 4.79 Å². The first-order chi connectivity index (χ1) is 15.6. The van der Waals surface area contributed by atoms with Gasteiger partial charge in [-0.1, -0.05) is 12.1 Å². The van der Waals surface area contributed by atoms with Crippen molar-refractivity contribution in [2.24, 2.45) is 0 Å². The number of aromatic carboxylic acids is 1. The van der Waals surface area contributed by atoms with E-state index in [1.165, 1.54) is 36.4 Å². The van der Waals surface area contributed by atoms with Gasteiger partial charge in [0.2, 0.25) is 0 Å². The Morgan fingerprint density at radius 1 is 1.03 bits per heavy atom. The molecular formula is C23H12F3N3O4. The Balaban J connectivity index is 1.82. The molecule has 0 unspecified atom stereocenters. The Labute approximate surface area is 184 Å². The number of carboxylic acid groups (broad SMARTS) is 1. The van der Waals surface area contributed by atoms with Gasteiger partial charge in [0.15, 0.2) is 0 Å². The monoisotopic (exact) mass is 451 g/mol. The van der Waals surface area contributed by atoms with Gasteiger partial charge < -0.3 is 14.8 Å². The zero-order valence-electron chi connectivity index (χ0n) is 16.5. The van der Waals surface area contributed by atoms with Crippen LogP contribution in [0, 0.1) is 22.7 Å². The molecule has 1 aromatic heterocycles. The van der Waals surface area contributed by atoms with Crippen LogP contribution in [0.25, 0.3) is 17.4 Å². The van der Waals surface area contributed by atoms with Gasteiger partial charge in [0, 0.05) is 17.3 Å². The van der Waals surface area contributed by atoms with E-state index in [4.69, 9.17) is 14.8 Å². The number of alkyl halides is 3. The number of furan rings is 1. The summed E-state index contributed by atoms with van der Waals surface area (Å²) in [7, 11) is 0. The maximum absolute atomic E-state index is 13.1. The standard InChI is InChI=1S/C23H12F3N3O4/c24-23(25,26)19-10-17(6-5-15(19)11-27)29-21(30)16(12-28)9-18-7-8-20(33-18)13-1-3-14(4-2-13)22(31)32/h1-10H,(H,29,30)(H,31,32)/b16-9+. The van der Waals surface area contributed by atoms with Gasteiger partial charge in [0.05, 0.1) is 22.8 Å². The molecule has 0 atom stereocenters. The number of rotatable bonds is 5. The van der Waals surface area contributed by atoms with Gasteiger partial charge >= 0.3 is 12.1 Å². The maximum Gasteiger partial charge on any atom is 0.417 e. The fourth-order valence-electron chi connectivity index (χ4n) is 2.81. The molecule has 0 aliphatic carbocycles. The van der Waals surface area contributed by atoms with Crippen molar-refractivity contribution in [1.82, 2.24) is 0 Å². The van der Waals surface area contributed by atoms with E-state index < -0.39 is 34.8 Å². The number of nitriles is 2. The molecule has 2 aromatic carbocycles. The molecule has 0 saturated heterocycles. The molecule has 0 radical (unpaired) electrons. The minimum absolute atomic E-state index is 0.0883. The number of nitrogens with one attached hydrogen (secondary N) is 1. The van der Waals surface area contributed by atoms with Crippen molar-refractivity contribution in [3.63, 3.8) is 0 Å². The molecule has 0 spiro atoms. The number of anilines is 1. The maximum atomic E-state index is 13.1. The van der Waals surface area contributed by atoms with Crippen LogP contribution in [0.15, 0.2) is 64.6 Å². The summed E-state index contributed by atoms with van der Waals surface area (Å²) in [6.45, 7) is 0. The Bertz CT molecular complexity index is 1340. The van der Waals surface area contributed by atoms with E-state index in [1.54, 1.807) is 12.1 Å². The van der Waals surface area contributed by atoms with Crippen LogP contribution in [0.4, 0.5) is 18.9 Å². The second-order valence-electron chi connectivity index (χ2n) is 6.58. The molecule has 3 aromatic rings. The molecule has 10 heteroatoms. The SMILES string of the molecule is N#C/C(=C\c1ccc(-c2ccc(C(=O)O)cc2)o1)C(=O)Nc1ccc(C#N)c(C(F)(F)F)c1. The van der Waals surface area contributed by atoms with E-state index in [-0.39, 0.29) is 17.0 Å². The molecule has 2 N–H and O–H groups in total. The lowest BCUT2D eigenvalue weighted by Gasteiger charge is -2.11. The van der Waals surface area contributed by atoms with Gasteiger partial charge in [-0.2, -0.15) is 23.7 Å². The van der Waals surface area contributed by atoms with Crippen LogP contribution in [0.5, 0.6) is 0 Å². The fourth-order valence-corrected chi connectivity index (χ4v) is 2.81. The van der Waals surface area contributed by atoms with Crippen molar-refractivity contribution >= 4 is 23.6 Å². The van der Waals surface area contributed by atoms with Crippen molar-refractivity contribution in [3.05, 3.63) is 82.6 Å². The number of carbonyl (C=O) groups is 2. The zero-order chi connectivity index (χ0) is 24.2. The van der Waals surface area contributed by atoms with E-state index in [0.29, 0.717) is 17.4 Å². The van der Waals surface area contributed by atoms with E-state index >= 15 is 0 Å².